The van der Waals surface area contributed by atoms with Gasteiger partial charge in [0, 0.05) is 5.69 Å². The standard InChI is InChI=1S/C12H16N2O/c13-11(9-5-4-6-9)12(15)14-10-7-2-1-3-8-10/h1-3,7-9,11H,4-6,13H2,(H,14,15)/t11-/m1/s1. The second kappa shape index (κ2) is 4.45. The van der Waals surface area contributed by atoms with E-state index in [-0.39, 0.29) is 11.9 Å². The van der Waals surface area contributed by atoms with E-state index in [1.807, 2.05) is 30.3 Å². The first-order valence-corrected chi connectivity index (χ1v) is 5.39. The van der Waals surface area contributed by atoms with Gasteiger partial charge in [0.1, 0.15) is 0 Å². The Morgan fingerprint density at radius 3 is 2.53 bits per heavy atom. The number of nitrogens with one attached hydrogen (secondary N) is 1. The summed E-state index contributed by atoms with van der Waals surface area (Å²) in [5, 5.41) is 2.83. The highest BCUT2D eigenvalue weighted by atomic mass is 16.2. The summed E-state index contributed by atoms with van der Waals surface area (Å²) in [5.41, 5.74) is 6.68. The van der Waals surface area contributed by atoms with Crippen LogP contribution in [0.1, 0.15) is 19.3 Å². The van der Waals surface area contributed by atoms with Gasteiger partial charge in [0.15, 0.2) is 0 Å². The quantitative estimate of drug-likeness (QED) is 0.788. The van der Waals surface area contributed by atoms with E-state index in [2.05, 4.69) is 5.32 Å². The SMILES string of the molecule is N[C@@H](C(=O)Nc1ccccc1)C1CCC1. The number of amides is 1. The van der Waals surface area contributed by atoms with Crippen LogP contribution in [-0.2, 0) is 4.79 Å². The minimum absolute atomic E-state index is 0.0640. The first-order valence-electron chi connectivity index (χ1n) is 5.39. The maximum Gasteiger partial charge on any atom is 0.241 e. The lowest BCUT2D eigenvalue weighted by molar-refractivity contribution is -0.119. The fourth-order valence-electron chi connectivity index (χ4n) is 1.76. The van der Waals surface area contributed by atoms with Gasteiger partial charge < -0.3 is 11.1 Å². The lowest BCUT2D eigenvalue weighted by Crippen LogP contribution is -2.44. The molecule has 1 fully saturated rings. The molecular weight excluding hydrogens is 188 g/mol. The van der Waals surface area contributed by atoms with Crippen molar-refractivity contribution >= 4 is 11.6 Å². The largest absolute Gasteiger partial charge is 0.325 e. The topological polar surface area (TPSA) is 55.1 Å². The number of hydrogen-bond donors (Lipinski definition) is 2. The third kappa shape index (κ3) is 2.36. The second-order valence-electron chi connectivity index (χ2n) is 4.07. The summed E-state index contributed by atoms with van der Waals surface area (Å²) in [6.45, 7) is 0. The summed E-state index contributed by atoms with van der Waals surface area (Å²) in [7, 11) is 0. The summed E-state index contributed by atoms with van der Waals surface area (Å²) in [5.74, 6) is 0.319. The third-order valence-electron chi connectivity index (χ3n) is 3.00. The molecule has 1 aromatic carbocycles. The molecule has 15 heavy (non-hydrogen) atoms. The average molecular weight is 204 g/mol. The van der Waals surface area contributed by atoms with Crippen molar-refractivity contribution in [1.82, 2.24) is 0 Å². The summed E-state index contributed by atoms with van der Waals surface area (Å²) in [6.07, 6.45) is 3.38. The number of hydrogen-bond acceptors (Lipinski definition) is 2. The number of carbonyl (C=O) groups excluding carboxylic acids is 1. The predicted molar refractivity (Wildman–Crippen MR) is 60.4 cm³/mol. The van der Waals surface area contributed by atoms with Crippen LogP contribution in [0.15, 0.2) is 30.3 Å². The Morgan fingerprint density at radius 1 is 1.33 bits per heavy atom. The Bertz CT molecular complexity index is 333. The van der Waals surface area contributed by atoms with Crippen LogP contribution < -0.4 is 11.1 Å². The van der Waals surface area contributed by atoms with Crippen LogP contribution in [0.5, 0.6) is 0 Å². The van der Waals surface area contributed by atoms with Crippen molar-refractivity contribution in [1.29, 1.82) is 0 Å². The highest BCUT2D eigenvalue weighted by Gasteiger charge is 2.29. The molecule has 1 aliphatic rings. The van der Waals surface area contributed by atoms with Gasteiger partial charge in [-0.05, 0) is 30.9 Å². The van der Waals surface area contributed by atoms with Gasteiger partial charge in [0.25, 0.3) is 0 Å². The highest BCUT2D eigenvalue weighted by molar-refractivity contribution is 5.94. The minimum atomic E-state index is -0.348. The molecule has 3 heteroatoms. The molecule has 1 aliphatic carbocycles. The smallest absolute Gasteiger partial charge is 0.241 e. The Hall–Kier alpha value is -1.35. The molecule has 0 unspecified atom stereocenters. The molecule has 0 aliphatic heterocycles. The maximum atomic E-state index is 11.7. The van der Waals surface area contributed by atoms with Crippen LogP contribution in [0.25, 0.3) is 0 Å². The molecule has 0 radical (unpaired) electrons. The summed E-state index contributed by atoms with van der Waals surface area (Å²) in [4.78, 5) is 11.7. The fraction of sp³-hybridized carbons (Fsp3) is 0.417. The van der Waals surface area contributed by atoms with Gasteiger partial charge >= 0.3 is 0 Å². The Kier molecular flexibility index (Phi) is 3.02. The van der Waals surface area contributed by atoms with Crippen molar-refractivity contribution in [3.63, 3.8) is 0 Å². The molecule has 0 bridgehead atoms. The van der Waals surface area contributed by atoms with Crippen LogP contribution in [0.2, 0.25) is 0 Å². The van der Waals surface area contributed by atoms with Crippen molar-refractivity contribution in [2.45, 2.75) is 25.3 Å². The fourth-order valence-corrected chi connectivity index (χ4v) is 1.76. The Balaban J connectivity index is 1.91. The Morgan fingerprint density at radius 2 is 2.00 bits per heavy atom. The number of benzene rings is 1. The van der Waals surface area contributed by atoms with Crippen LogP contribution in [0.4, 0.5) is 5.69 Å². The lowest BCUT2D eigenvalue weighted by atomic mass is 9.80. The summed E-state index contributed by atoms with van der Waals surface area (Å²) >= 11 is 0. The van der Waals surface area contributed by atoms with Crippen molar-refractivity contribution in [2.24, 2.45) is 11.7 Å². The minimum Gasteiger partial charge on any atom is -0.325 e. The van der Waals surface area contributed by atoms with Gasteiger partial charge in [-0.15, -0.1) is 0 Å². The Labute approximate surface area is 89.7 Å². The van der Waals surface area contributed by atoms with Crippen molar-refractivity contribution in [2.75, 3.05) is 5.32 Å². The normalized spacial score (nSPS) is 17.9. The molecule has 0 spiro atoms. The van der Waals surface area contributed by atoms with E-state index >= 15 is 0 Å². The molecule has 1 atom stereocenters. The number of anilines is 1. The summed E-state index contributed by atoms with van der Waals surface area (Å²) < 4.78 is 0. The van der Waals surface area contributed by atoms with Crippen LogP contribution >= 0.6 is 0 Å². The third-order valence-corrected chi connectivity index (χ3v) is 3.00. The number of rotatable bonds is 3. The zero-order valence-electron chi connectivity index (χ0n) is 8.65. The van der Waals surface area contributed by atoms with E-state index in [1.165, 1.54) is 6.42 Å². The number of nitrogens with two attached hydrogens (primary N) is 1. The summed E-state index contributed by atoms with van der Waals surface area (Å²) in [6, 6.07) is 9.09. The predicted octanol–water partition coefficient (Wildman–Crippen LogP) is 1.75. The van der Waals surface area contributed by atoms with Gasteiger partial charge in [-0.3, -0.25) is 4.79 Å². The van der Waals surface area contributed by atoms with Gasteiger partial charge in [-0.25, -0.2) is 0 Å². The number of carbonyl (C=O) groups is 1. The van der Waals surface area contributed by atoms with E-state index < -0.39 is 0 Å². The molecule has 0 aromatic heterocycles. The van der Waals surface area contributed by atoms with E-state index in [0.29, 0.717) is 5.92 Å². The van der Waals surface area contributed by atoms with Crippen LogP contribution in [-0.4, -0.2) is 11.9 Å². The van der Waals surface area contributed by atoms with E-state index in [0.717, 1.165) is 18.5 Å². The molecule has 1 saturated carbocycles. The van der Waals surface area contributed by atoms with Crippen molar-refractivity contribution in [3.05, 3.63) is 30.3 Å². The monoisotopic (exact) mass is 204 g/mol. The maximum absolute atomic E-state index is 11.7. The molecule has 1 amide bonds. The van der Waals surface area contributed by atoms with Crippen molar-refractivity contribution in [3.8, 4) is 0 Å². The molecule has 80 valence electrons. The zero-order valence-corrected chi connectivity index (χ0v) is 8.65. The first-order chi connectivity index (χ1) is 7.27. The van der Waals surface area contributed by atoms with Crippen LogP contribution in [0, 0.1) is 5.92 Å². The number of para-hydroxylation sites is 1. The van der Waals surface area contributed by atoms with E-state index in [9.17, 15) is 4.79 Å². The molecule has 1 aromatic rings. The zero-order chi connectivity index (χ0) is 10.7. The lowest BCUT2D eigenvalue weighted by Gasteiger charge is -2.30. The van der Waals surface area contributed by atoms with Gasteiger partial charge in [0.2, 0.25) is 5.91 Å². The van der Waals surface area contributed by atoms with Crippen LogP contribution in [0.3, 0.4) is 0 Å². The van der Waals surface area contributed by atoms with Gasteiger partial charge in [-0.1, -0.05) is 24.6 Å². The van der Waals surface area contributed by atoms with E-state index in [1.54, 1.807) is 0 Å². The molecule has 2 rings (SSSR count). The van der Waals surface area contributed by atoms with Gasteiger partial charge in [-0.2, -0.15) is 0 Å². The molecule has 0 heterocycles. The van der Waals surface area contributed by atoms with Crippen molar-refractivity contribution < 1.29 is 4.79 Å². The average Bonchev–Trinajstić information content (AvgIpc) is 2.16. The second-order valence-corrected chi connectivity index (χ2v) is 4.07. The first kappa shape index (κ1) is 10.2. The molecule has 3 nitrogen and oxygen atoms in total. The highest BCUT2D eigenvalue weighted by Crippen LogP contribution is 2.29. The molecule has 0 saturated heterocycles. The van der Waals surface area contributed by atoms with E-state index in [4.69, 9.17) is 5.73 Å². The van der Waals surface area contributed by atoms with Gasteiger partial charge in [0.05, 0.1) is 6.04 Å². The molecular formula is C12H16N2O. The molecule has 3 N–H and O–H groups in total.